The largest absolute Gasteiger partial charge is 0.493 e. The Morgan fingerprint density at radius 3 is 3.12 bits per heavy atom. The predicted molar refractivity (Wildman–Crippen MR) is 59.8 cm³/mol. The number of anilines is 1. The molecular weight excluding hydrogens is 232 g/mol. The van der Waals surface area contributed by atoms with Crippen LogP contribution in [0.3, 0.4) is 0 Å². The fraction of sp³-hybridized carbons (Fsp3) is 0.300. The monoisotopic (exact) mass is 240 g/mol. The molecule has 0 amide bonds. The standard InChI is InChI=1S/C10H9ClN2O3/c1-14-6-2-5-7(12-3-13-10(5)11)9-8(6)15-4-16-9/h2-3,10H,4H2,1H3,(H,12,13). The summed E-state index contributed by atoms with van der Waals surface area (Å²) >= 11 is 6.09. The number of nitrogens with one attached hydrogen (secondary N) is 1. The molecule has 2 aliphatic heterocycles. The smallest absolute Gasteiger partial charge is 0.231 e. The van der Waals surface area contributed by atoms with Crippen LogP contribution in [-0.4, -0.2) is 20.2 Å². The van der Waals surface area contributed by atoms with E-state index in [1.165, 1.54) is 0 Å². The summed E-state index contributed by atoms with van der Waals surface area (Å²) < 4.78 is 16.0. The molecule has 2 aliphatic rings. The quantitative estimate of drug-likeness (QED) is 0.603. The van der Waals surface area contributed by atoms with Gasteiger partial charge in [0.1, 0.15) is 0 Å². The zero-order valence-corrected chi connectivity index (χ0v) is 9.25. The number of hydrogen-bond acceptors (Lipinski definition) is 5. The number of rotatable bonds is 1. The van der Waals surface area contributed by atoms with E-state index < -0.39 is 5.50 Å². The molecule has 0 radical (unpaired) electrons. The van der Waals surface area contributed by atoms with Crippen LogP contribution in [-0.2, 0) is 0 Å². The van der Waals surface area contributed by atoms with Crippen molar-refractivity contribution in [3.05, 3.63) is 11.6 Å². The molecule has 0 fully saturated rings. The average Bonchev–Trinajstić information content (AvgIpc) is 2.78. The van der Waals surface area contributed by atoms with Crippen LogP contribution >= 0.6 is 11.6 Å². The van der Waals surface area contributed by atoms with Crippen LogP contribution in [0.1, 0.15) is 11.1 Å². The number of benzene rings is 1. The molecular formula is C10H9ClN2O3. The van der Waals surface area contributed by atoms with Crippen LogP contribution in [0.4, 0.5) is 5.69 Å². The second-order valence-electron chi connectivity index (χ2n) is 3.37. The highest BCUT2D eigenvalue weighted by atomic mass is 35.5. The fourth-order valence-electron chi connectivity index (χ4n) is 1.79. The van der Waals surface area contributed by atoms with Gasteiger partial charge in [0.2, 0.25) is 12.5 Å². The summed E-state index contributed by atoms with van der Waals surface area (Å²) in [6.45, 7) is 0.188. The normalized spacial score (nSPS) is 20.2. The van der Waals surface area contributed by atoms with Gasteiger partial charge in [-0.05, 0) is 6.07 Å². The Bertz CT molecular complexity index is 476. The van der Waals surface area contributed by atoms with Gasteiger partial charge in [0.15, 0.2) is 17.0 Å². The summed E-state index contributed by atoms with van der Waals surface area (Å²) in [6, 6.07) is 1.81. The summed E-state index contributed by atoms with van der Waals surface area (Å²) in [6.07, 6.45) is 1.55. The van der Waals surface area contributed by atoms with Gasteiger partial charge >= 0.3 is 0 Å². The maximum Gasteiger partial charge on any atom is 0.231 e. The van der Waals surface area contributed by atoms with E-state index in [1.54, 1.807) is 13.4 Å². The number of hydrogen-bond donors (Lipinski definition) is 1. The van der Waals surface area contributed by atoms with E-state index >= 15 is 0 Å². The molecule has 84 valence electrons. The van der Waals surface area contributed by atoms with E-state index in [9.17, 15) is 0 Å². The maximum absolute atomic E-state index is 6.09. The minimum atomic E-state index is -0.431. The number of ether oxygens (including phenoxy) is 3. The zero-order valence-electron chi connectivity index (χ0n) is 8.49. The van der Waals surface area contributed by atoms with Crippen molar-refractivity contribution >= 4 is 23.6 Å². The van der Waals surface area contributed by atoms with Crippen LogP contribution in [0.5, 0.6) is 17.2 Å². The first-order valence-corrected chi connectivity index (χ1v) is 5.17. The summed E-state index contributed by atoms with van der Waals surface area (Å²) in [5, 5.41) is 3.01. The Morgan fingerprint density at radius 2 is 2.31 bits per heavy atom. The molecule has 5 nitrogen and oxygen atoms in total. The van der Waals surface area contributed by atoms with Crippen LogP contribution < -0.4 is 19.5 Å². The molecule has 0 spiro atoms. The van der Waals surface area contributed by atoms with Crippen molar-refractivity contribution in [3.63, 3.8) is 0 Å². The van der Waals surface area contributed by atoms with Gasteiger partial charge in [-0.3, -0.25) is 4.99 Å². The number of aliphatic imine (C=N–C) groups is 1. The molecule has 16 heavy (non-hydrogen) atoms. The molecule has 1 aromatic rings. The molecule has 3 rings (SSSR count). The Labute approximate surface area is 97.0 Å². The van der Waals surface area contributed by atoms with Crippen LogP contribution in [0.15, 0.2) is 11.1 Å². The molecule has 1 aromatic carbocycles. The highest BCUT2D eigenvalue weighted by Crippen LogP contribution is 2.51. The topological polar surface area (TPSA) is 52.1 Å². The molecule has 0 saturated carbocycles. The third kappa shape index (κ3) is 1.21. The molecule has 0 aliphatic carbocycles. The molecule has 1 unspecified atom stereocenters. The lowest BCUT2D eigenvalue weighted by Crippen LogP contribution is -2.08. The van der Waals surface area contributed by atoms with Gasteiger partial charge in [-0.2, -0.15) is 0 Å². The van der Waals surface area contributed by atoms with E-state index in [-0.39, 0.29) is 6.79 Å². The van der Waals surface area contributed by atoms with Crippen molar-refractivity contribution in [3.8, 4) is 17.2 Å². The Kier molecular flexibility index (Phi) is 2.07. The lowest BCUT2D eigenvalue weighted by Gasteiger charge is -2.19. The summed E-state index contributed by atoms with van der Waals surface area (Å²) in [5.41, 5.74) is 1.19. The molecule has 1 atom stereocenters. The van der Waals surface area contributed by atoms with Gasteiger partial charge in [0, 0.05) is 5.56 Å². The molecule has 0 bridgehead atoms. The second kappa shape index (κ2) is 3.45. The Hall–Kier alpha value is -1.62. The number of nitrogens with zero attached hydrogens (tertiary/aromatic N) is 1. The average molecular weight is 241 g/mol. The van der Waals surface area contributed by atoms with Crippen molar-refractivity contribution in [2.45, 2.75) is 5.50 Å². The summed E-state index contributed by atoms with van der Waals surface area (Å²) in [4.78, 5) is 4.05. The molecule has 0 aromatic heterocycles. The van der Waals surface area contributed by atoms with E-state index in [1.807, 2.05) is 6.07 Å². The number of methoxy groups -OCH3 is 1. The molecule has 2 heterocycles. The zero-order chi connectivity index (χ0) is 11.1. The van der Waals surface area contributed by atoms with Gasteiger partial charge in [0.05, 0.1) is 19.1 Å². The van der Waals surface area contributed by atoms with E-state index in [0.717, 1.165) is 11.3 Å². The van der Waals surface area contributed by atoms with Crippen molar-refractivity contribution in [1.29, 1.82) is 0 Å². The Balaban J connectivity index is 2.23. The highest BCUT2D eigenvalue weighted by Gasteiger charge is 2.29. The molecule has 6 heteroatoms. The third-order valence-electron chi connectivity index (χ3n) is 2.53. The first kappa shape index (κ1) is 9.59. The minimum absolute atomic E-state index is 0.188. The fourth-order valence-corrected chi connectivity index (χ4v) is 2.02. The van der Waals surface area contributed by atoms with Gasteiger partial charge < -0.3 is 19.5 Å². The Morgan fingerprint density at radius 1 is 1.50 bits per heavy atom. The number of halogens is 1. The molecule has 1 N–H and O–H groups in total. The van der Waals surface area contributed by atoms with Gasteiger partial charge in [-0.15, -0.1) is 0 Å². The van der Waals surface area contributed by atoms with E-state index in [4.69, 9.17) is 25.8 Å². The predicted octanol–water partition coefficient (Wildman–Crippen LogP) is 2.12. The maximum atomic E-state index is 6.09. The van der Waals surface area contributed by atoms with Gasteiger partial charge in [0.25, 0.3) is 0 Å². The second-order valence-corrected chi connectivity index (χ2v) is 3.78. The first-order valence-electron chi connectivity index (χ1n) is 4.74. The van der Waals surface area contributed by atoms with Crippen LogP contribution in [0.2, 0.25) is 0 Å². The number of fused-ring (bicyclic) bond motifs is 3. The van der Waals surface area contributed by atoms with E-state index in [0.29, 0.717) is 17.2 Å². The highest BCUT2D eigenvalue weighted by molar-refractivity contribution is 6.22. The SMILES string of the molecule is COc1cc2c(c3c1OCO3)NC=NC2Cl. The summed E-state index contributed by atoms with van der Waals surface area (Å²) in [5.74, 6) is 1.84. The van der Waals surface area contributed by atoms with Crippen molar-refractivity contribution in [1.82, 2.24) is 0 Å². The van der Waals surface area contributed by atoms with Crippen molar-refractivity contribution < 1.29 is 14.2 Å². The van der Waals surface area contributed by atoms with Crippen molar-refractivity contribution in [2.75, 3.05) is 19.2 Å². The van der Waals surface area contributed by atoms with Gasteiger partial charge in [-0.25, -0.2) is 0 Å². The van der Waals surface area contributed by atoms with Crippen LogP contribution in [0, 0.1) is 0 Å². The van der Waals surface area contributed by atoms with Gasteiger partial charge in [-0.1, -0.05) is 11.6 Å². The first-order chi connectivity index (χ1) is 7.81. The van der Waals surface area contributed by atoms with E-state index in [2.05, 4.69) is 10.3 Å². The lowest BCUT2D eigenvalue weighted by molar-refractivity contribution is 0.171. The third-order valence-corrected chi connectivity index (χ3v) is 2.88. The molecule has 0 saturated heterocycles. The minimum Gasteiger partial charge on any atom is -0.493 e. The number of alkyl halides is 1. The summed E-state index contributed by atoms with van der Waals surface area (Å²) in [7, 11) is 1.58. The van der Waals surface area contributed by atoms with Crippen LogP contribution in [0.25, 0.3) is 0 Å². The lowest BCUT2D eigenvalue weighted by atomic mass is 10.1. The van der Waals surface area contributed by atoms with Crippen molar-refractivity contribution in [2.24, 2.45) is 4.99 Å².